The van der Waals surface area contributed by atoms with E-state index in [1.165, 1.54) is 7.11 Å². The number of nitrogens with one attached hydrogen (secondary N) is 2. The minimum atomic E-state index is -0.468. The van der Waals surface area contributed by atoms with Gasteiger partial charge in [-0.1, -0.05) is 0 Å². The third-order valence-electron chi connectivity index (χ3n) is 4.16. The number of carbonyl (C=O) groups excluding carboxylic acids is 3. The standard InChI is InChI=1S/C17H22ClN3O4/c1-3-21-12(5-7-16(21)23)10-19-14-8-11(17(24)25-2)4-6-13(14)20-15(22)9-18/h4,6,8,12,19H,3,5,7,9-10H2,1-2H3,(H,20,22). The maximum atomic E-state index is 11.8. The minimum Gasteiger partial charge on any atom is -0.465 e. The fraction of sp³-hybridized carbons (Fsp3) is 0.471. The van der Waals surface area contributed by atoms with Gasteiger partial charge in [0.05, 0.1) is 24.0 Å². The van der Waals surface area contributed by atoms with Crippen LogP contribution in [-0.2, 0) is 14.3 Å². The number of hydrogen-bond acceptors (Lipinski definition) is 5. The van der Waals surface area contributed by atoms with Crippen molar-refractivity contribution in [1.82, 2.24) is 4.90 Å². The number of benzene rings is 1. The molecule has 0 aliphatic carbocycles. The van der Waals surface area contributed by atoms with Crippen molar-refractivity contribution in [2.24, 2.45) is 0 Å². The lowest BCUT2D eigenvalue weighted by Crippen LogP contribution is -2.37. The molecule has 2 N–H and O–H groups in total. The molecular formula is C17H22ClN3O4. The number of halogens is 1. The van der Waals surface area contributed by atoms with E-state index < -0.39 is 5.97 Å². The van der Waals surface area contributed by atoms with Crippen LogP contribution in [0.15, 0.2) is 18.2 Å². The monoisotopic (exact) mass is 367 g/mol. The largest absolute Gasteiger partial charge is 0.465 e. The summed E-state index contributed by atoms with van der Waals surface area (Å²) in [5, 5.41) is 5.92. The van der Waals surface area contributed by atoms with E-state index in [1.54, 1.807) is 18.2 Å². The van der Waals surface area contributed by atoms with E-state index in [9.17, 15) is 14.4 Å². The molecule has 1 aliphatic heterocycles. The van der Waals surface area contributed by atoms with Crippen molar-refractivity contribution in [3.63, 3.8) is 0 Å². The van der Waals surface area contributed by atoms with Gasteiger partial charge in [0.15, 0.2) is 0 Å². The number of ether oxygens (including phenoxy) is 1. The fourth-order valence-corrected chi connectivity index (χ4v) is 2.96. The molecule has 0 radical (unpaired) electrons. The van der Waals surface area contributed by atoms with Gasteiger partial charge in [-0.25, -0.2) is 4.79 Å². The van der Waals surface area contributed by atoms with Crippen LogP contribution in [0.4, 0.5) is 11.4 Å². The zero-order valence-electron chi connectivity index (χ0n) is 14.3. The van der Waals surface area contributed by atoms with Gasteiger partial charge in [0.2, 0.25) is 11.8 Å². The highest BCUT2D eigenvalue weighted by Gasteiger charge is 2.29. The Labute approximate surface area is 151 Å². The average molecular weight is 368 g/mol. The Balaban J connectivity index is 2.18. The highest BCUT2D eigenvalue weighted by Crippen LogP contribution is 2.26. The Morgan fingerprint density at radius 3 is 2.76 bits per heavy atom. The van der Waals surface area contributed by atoms with Gasteiger partial charge in [-0.05, 0) is 31.5 Å². The summed E-state index contributed by atoms with van der Waals surface area (Å²) in [4.78, 5) is 37.0. The second-order valence-corrected chi connectivity index (χ2v) is 5.95. The number of carbonyl (C=O) groups is 3. The van der Waals surface area contributed by atoms with Crippen LogP contribution in [0.1, 0.15) is 30.1 Å². The summed E-state index contributed by atoms with van der Waals surface area (Å²) in [5.41, 5.74) is 1.46. The first-order chi connectivity index (χ1) is 12.0. The van der Waals surface area contributed by atoms with Gasteiger partial charge in [-0.15, -0.1) is 11.6 Å². The van der Waals surface area contributed by atoms with Crippen molar-refractivity contribution in [2.75, 3.05) is 36.7 Å². The first-order valence-electron chi connectivity index (χ1n) is 8.11. The van der Waals surface area contributed by atoms with Crippen LogP contribution in [0, 0.1) is 0 Å². The van der Waals surface area contributed by atoms with E-state index in [0.29, 0.717) is 36.4 Å². The molecule has 2 amide bonds. The Kier molecular flexibility index (Phi) is 6.64. The van der Waals surface area contributed by atoms with Crippen molar-refractivity contribution in [3.8, 4) is 0 Å². The van der Waals surface area contributed by atoms with Gasteiger partial charge < -0.3 is 20.3 Å². The normalized spacial score (nSPS) is 16.7. The number of amides is 2. The van der Waals surface area contributed by atoms with Crippen LogP contribution >= 0.6 is 11.6 Å². The third-order valence-corrected chi connectivity index (χ3v) is 4.40. The molecule has 0 bridgehead atoms. The Morgan fingerprint density at radius 2 is 2.12 bits per heavy atom. The van der Waals surface area contributed by atoms with Gasteiger partial charge in [-0.3, -0.25) is 9.59 Å². The molecule has 1 heterocycles. The molecule has 1 fully saturated rings. The molecule has 1 aromatic rings. The predicted octanol–water partition coefficient (Wildman–Crippen LogP) is 2.07. The highest BCUT2D eigenvalue weighted by atomic mass is 35.5. The number of anilines is 2. The fourth-order valence-electron chi connectivity index (χ4n) is 2.90. The minimum absolute atomic E-state index is 0.0795. The Hall–Kier alpha value is -2.28. The van der Waals surface area contributed by atoms with E-state index >= 15 is 0 Å². The summed E-state index contributed by atoms with van der Waals surface area (Å²) >= 11 is 5.54. The van der Waals surface area contributed by atoms with Crippen molar-refractivity contribution in [3.05, 3.63) is 23.8 Å². The molecule has 1 atom stereocenters. The number of methoxy groups -OCH3 is 1. The molecule has 0 saturated carbocycles. The number of likely N-dealkylation sites (tertiary alicyclic amines) is 1. The van der Waals surface area contributed by atoms with E-state index in [4.69, 9.17) is 16.3 Å². The lowest BCUT2D eigenvalue weighted by molar-refractivity contribution is -0.128. The van der Waals surface area contributed by atoms with Gasteiger partial charge in [-0.2, -0.15) is 0 Å². The third kappa shape index (κ3) is 4.63. The summed E-state index contributed by atoms with van der Waals surface area (Å²) in [5.74, 6) is -0.835. The van der Waals surface area contributed by atoms with Crippen molar-refractivity contribution in [2.45, 2.75) is 25.8 Å². The number of esters is 1. The van der Waals surface area contributed by atoms with Crippen LogP contribution in [0.25, 0.3) is 0 Å². The number of hydrogen-bond donors (Lipinski definition) is 2. The second-order valence-electron chi connectivity index (χ2n) is 5.69. The molecule has 25 heavy (non-hydrogen) atoms. The summed E-state index contributed by atoms with van der Waals surface area (Å²) < 4.78 is 4.73. The molecule has 0 aromatic heterocycles. The number of nitrogens with zero attached hydrogens (tertiary/aromatic N) is 1. The van der Waals surface area contributed by atoms with Crippen LogP contribution in [0.3, 0.4) is 0 Å². The zero-order chi connectivity index (χ0) is 18.4. The molecule has 1 unspecified atom stereocenters. The van der Waals surface area contributed by atoms with Crippen molar-refractivity contribution in [1.29, 1.82) is 0 Å². The second kappa shape index (κ2) is 8.71. The summed E-state index contributed by atoms with van der Waals surface area (Å²) in [7, 11) is 1.31. The smallest absolute Gasteiger partial charge is 0.337 e. The maximum Gasteiger partial charge on any atom is 0.337 e. The summed E-state index contributed by atoms with van der Waals surface area (Å²) in [6.07, 6.45) is 1.32. The molecule has 136 valence electrons. The number of rotatable bonds is 7. The van der Waals surface area contributed by atoms with E-state index in [1.807, 2.05) is 11.8 Å². The van der Waals surface area contributed by atoms with Crippen LogP contribution in [0.2, 0.25) is 0 Å². The van der Waals surface area contributed by atoms with Gasteiger partial charge in [0.1, 0.15) is 5.88 Å². The molecule has 8 heteroatoms. The Morgan fingerprint density at radius 1 is 1.36 bits per heavy atom. The molecule has 0 spiro atoms. The van der Waals surface area contributed by atoms with E-state index in [-0.39, 0.29) is 23.7 Å². The lowest BCUT2D eigenvalue weighted by atomic mass is 10.1. The predicted molar refractivity (Wildman–Crippen MR) is 96.0 cm³/mol. The molecule has 1 aromatic carbocycles. The molecule has 7 nitrogen and oxygen atoms in total. The van der Waals surface area contributed by atoms with E-state index in [0.717, 1.165) is 6.42 Å². The number of likely N-dealkylation sites (N-methyl/N-ethyl adjacent to an activating group) is 1. The van der Waals surface area contributed by atoms with Crippen LogP contribution in [0.5, 0.6) is 0 Å². The van der Waals surface area contributed by atoms with Gasteiger partial charge in [0.25, 0.3) is 0 Å². The molecule has 2 rings (SSSR count). The summed E-state index contributed by atoms with van der Waals surface area (Å²) in [6, 6.07) is 4.88. The first kappa shape index (κ1) is 19.1. The van der Waals surface area contributed by atoms with Crippen molar-refractivity contribution < 1.29 is 19.1 Å². The molecular weight excluding hydrogens is 346 g/mol. The van der Waals surface area contributed by atoms with Crippen molar-refractivity contribution >= 4 is 40.8 Å². The zero-order valence-corrected chi connectivity index (χ0v) is 15.1. The Bertz CT molecular complexity index is 665. The first-order valence-corrected chi connectivity index (χ1v) is 8.65. The highest BCUT2D eigenvalue weighted by molar-refractivity contribution is 6.29. The number of alkyl halides is 1. The van der Waals surface area contributed by atoms with Crippen LogP contribution in [-0.4, -0.2) is 54.8 Å². The SMILES string of the molecule is CCN1C(=O)CCC1CNc1cc(C(=O)OC)ccc1NC(=O)CCl. The molecule has 1 aliphatic rings. The molecule has 1 saturated heterocycles. The van der Waals surface area contributed by atoms with E-state index in [2.05, 4.69) is 10.6 Å². The average Bonchev–Trinajstić information content (AvgIpc) is 2.99. The van der Waals surface area contributed by atoms with Crippen LogP contribution < -0.4 is 10.6 Å². The maximum absolute atomic E-state index is 11.8. The van der Waals surface area contributed by atoms with Gasteiger partial charge in [0, 0.05) is 25.6 Å². The summed E-state index contributed by atoms with van der Waals surface area (Å²) in [6.45, 7) is 3.12. The topological polar surface area (TPSA) is 87.7 Å². The quantitative estimate of drug-likeness (QED) is 0.569. The lowest BCUT2D eigenvalue weighted by Gasteiger charge is -2.24. The van der Waals surface area contributed by atoms with Gasteiger partial charge >= 0.3 is 5.97 Å².